The molecule has 0 aromatic heterocycles. The van der Waals surface area contributed by atoms with E-state index in [1.54, 1.807) is 0 Å². The Morgan fingerprint density at radius 2 is 1.04 bits per heavy atom. The van der Waals surface area contributed by atoms with Gasteiger partial charge in [-0.2, -0.15) is 35.0 Å². The summed E-state index contributed by atoms with van der Waals surface area (Å²) in [5.74, 6) is 0. The Kier molecular flexibility index (Phi) is 10.8. The van der Waals surface area contributed by atoms with Crippen molar-refractivity contribution in [1.82, 2.24) is 0 Å². The summed E-state index contributed by atoms with van der Waals surface area (Å²) in [5, 5.41) is 5.37. The summed E-state index contributed by atoms with van der Waals surface area (Å²) in [6, 6.07) is 25.7. The fourth-order valence-electron chi connectivity index (χ4n) is 2.49. The molecule has 0 saturated heterocycles. The van der Waals surface area contributed by atoms with Gasteiger partial charge in [0.05, 0.1) is 0 Å². The van der Waals surface area contributed by atoms with Gasteiger partial charge in [-0.3, -0.25) is 0 Å². The van der Waals surface area contributed by atoms with Gasteiger partial charge in [-0.05, 0) is 13.8 Å². The Balaban J connectivity index is 0.000000372. The molecular weight excluding hydrogens is 384 g/mol. The van der Waals surface area contributed by atoms with Crippen LogP contribution in [0.1, 0.15) is 11.1 Å². The Morgan fingerprint density at radius 3 is 1.42 bits per heavy atom. The molecule has 0 N–H and O–H groups in total. The summed E-state index contributed by atoms with van der Waals surface area (Å²) >= 11 is 1.36. The van der Waals surface area contributed by atoms with Crippen LogP contribution in [0.2, 0.25) is 0 Å². The first-order valence-electron chi connectivity index (χ1n) is 7.21. The van der Waals surface area contributed by atoms with E-state index in [0.29, 0.717) is 0 Å². The summed E-state index contributed by atoms with van der Waals surface area (Å²) in [6.07, 6.45) is 0. The molecule has 0 nitrogen and oxygen atoms in total. The molecule has 0 spiro atoms. The fourth-order valence-corrected chi connectivity index (χ4v) is 2.49. The van der Waals surface area contributed by atoms with Crippen LogP contribution in [-0.2, 0) is 23.3 Å². The van der Waals surface area contributed by atoms with Crippen LogP contribution < -0.4 is 0 Å². The molecule has 2 radical (unpaired) electrons. The van der Waals surface area contributed by atoms with Crippen molar-refractivity contribution in [3.63, 3.8) is 0 Å². The zero-order valence-electron chi connectivity index (χ0n) is 14.9. The predicted molar refractivity (Wildman–Crippen MR) is 107 cm³/mol. The second-order valence-electron chi connectivity index (χ2n) is 5.32. The molecule has 0 bridgehead atoms. The quantitative estimate of drug-likeness (QED) is 0.239. The van der Waals surface area contributed by atoms with Crippen molar-refractivity contribution in [2.75, 3.05) is 0 Å². The molecule has 0 saturated carbocycles. The van der Waals surface area contributed by atoms with Gasteiger partial charge in [-0.25, -0.2) is 0 Å². The number of benzene rings is 2. The molecule has 4 rings (SSSR count). The molecule has 2 heteroatoms. The van der Waals surface area contributed by atoms with Crippen molar-refractivity contribution >= 4 is 28.4 Å². The van der Waals surface area contributed by atoms with Gasteiger partial charge >= 0.3 is 30.2 Å². The Labute approximate surface area is 163 Å². The molecule has 124 valence electrons. The number of aryl methyl sites for hydroxylation is 2. The fraction of sp³-hybridized carbons (Fsp3) is 0.0909. The molecule has 0 heterocycles. The van der Waals surface area contributed by atoms with Crippen LogP contribution in [0.25, 0.3) is 21.5 Å². The zero-order valence-corrected chi connectivity index (χ0v) is 18.4. The van der Waals surface area contributed by atoms with Crippen LogP contribution in [0.15, 0.2) is 72.8 Å². The van der Waals surface area contributed by atoms with Crippen molar-refractivity contribution in [3.05, 3.63) is 98.8 Å². The number of hydrogen-bond acceptors (Lipinski definition) is 0. The first-order chi connectivity index (χ1) is 10.7. The van der Waals surface area contributed by atoms with Gasteiger partial charge in [-0.15, -0.1) is 59.3 Å². The van der Waals surface area contributed by atoms with Crippen molar-refractivity contribution in [2.24, 2.45) is 0 Å². The predicted octanol–water partition coefficient (Wildman–Crippen LogP) is 6.25. The van der Waals surface area contributed by atoms with Crippen molar-refractivity contribution in [3.8, 4) is 0 Å². The van der Waals surface area contributed by atoms with E-state index in [9.17, 15) is 0 Å². The average molecular weight is 408 g/mol. The third-order valence-corrected chi connectivity index (χ3v) is 3.59. The van der Waals surface area contributed by atoms with Crippen LogP contribution in [0.3, 0.4) is 0 Å². The summed E-state index contributed by atoms with van der Waals surface area (Å²) in [6.45, 7) is 7.30. The van der Waals surface area contributed by atoms with Gasteiger partial charge in [0.1, 0.15) is 0 Å². The summed E-state index contributed by atoms with van der Waals surface area (Å²) in [7, 11) is 0. The van der Waals surface area contributed by atoms with Gasteiger partial charge < -0.3 is 14.9 Å². The molecule has 24 heavy (non-hydrogen) atoms. The average Bonchev–Trinajstić information content (AvgIpc) is 3.17. The van der Waals surface area contributed by atoms with Gasteiger partial charge in [0.2, 0.25) is 0 Å². The molecule has 4 aromatic rings. The minimum absolute atomic E-state index is 0. The van der Waals surface area contributed by atoms with E-state index < -0.39 is 0 Å². The number of fused-ring (bicyclic) bond motifs is 2. The van der Waals surface area contributed by atoms with Crippen LogP contribution in [0.5, 0.6) is 0 Å². The van der Waals surface area contributed by atoms with E-state index in [2.05, 4.69) is 93.5 Å². The molecule has 0 unspecified atom stereocenters. The monoisotopic (exact) mass is 406 g/mol. The normalized spacial score (nSPS) is 8.88. The molecular formula is C22H24SiZr-4. The molecule has 0 fully saturated rings. The molecule has 0 atom stereocenters. The molecule has 4 aromatic carbocycles. The first-order valence-corrected chi connectivity index (χ1v) is 11.4. The Morgan fingerprint density at radius 1 is 0.667 bits per heavy atom. The van der Waals surface area contributed by atoms with Crippen molar-refractivity contribution < 1.29 is 23.3 Å². The zero-order chi connectivity index (χ0) is 15.9. The van der Waals surface area contributed by atoms with Crippen molar-refractivity contribution in [2.45, 2.75) is 13.8 Å². The number of rotatable bonds is 0. The summed E-state index contributed by atoms with van der Waals surface area (Å²) in [5.41, 5.74) is 2.66. The molecule has 0 aliphatic rings. The first kappa shape index (κ1) is 22.8. The third kappa shape index (κ3) is 6.00. The topological polar surface area (TPSA) is 0 Å². The van der Waals surface area contributed by atoms with Crippen LogP contribution in [0, 0.1) is 28.7 Å². The van der Waals surface area contributed by atoms with Gasteiger partial charge in [0, 0.05) is 0 Å². The van der Waals surface area contributed by atoms with Crippen molar-refractivity contribution in [1.29, 1.82) is 0 Å². The van der Waals surface area contributed by atoms with E-state index in [1.807, 2.05) is 0 Å². The van der Waals surface area contributed by atoms with Gasteiger partial charge in [-0.1, -0.05) is 11.1 Å². The number of hydrogen-bond donors (Lipinski definition) is 0. The second-order valence-corrected chi connectivity index (χ2v) is 5.32. The summed E-state index contributed by atoms with van der Waals surface area (Å²) in [4.78, 5) is 0. The van der Waals surface area contributed by atoms with E-state index in [4.69, 9.17) is 0 Å². The van der Waals surface area contributed by atoms with Crippen LogP contribution in [0.4, 0.5) is 0 Å². The summed E-state index contributed by atoms with van der Waals surface area (Å²) < 4.78 is 0. The van der Waals surface area contributed by atoms with Gasteiger partial charge in [0.25, 0.3) is 0 Å². The maximum atomic E-state index is 3.06. The van der Waals surface area contributed by atoms with Crippen LogP contribution >= 0.6 is 0 Å². The van der Waals surface area contributed by atoms with E-state index >= 15 is 0 Å². The minimum atomic E-state index is 0. The van der Waals surface area contributed by atoms with E-state index in [0.717, 1.165) is 0 Å². The van der Waals surface area contributed by atoms with Gasteiger partial charge in [0.15, 0.2) is 0 Å². The van der Waals surface area contributed by atoms with Crippen LogP contribution in [-0.4, -0.2) is 6.88 Å². The standard InChI is InChI=1S/2C10H9.2CH3.Si.Zr/c2*1-8-5-6-9-3-2-4-10(9)7-8;;;;/h2*2-7H,1H3;2*1H3;;/q4*-1;;. The Hall–Kier alpha value is -1.24. The SMILES string of the molecule is Cc1ccc2[cH-]ccc2c1.Cc1ccc2[cH-]ccc2c1.[CH3-].[CH3-].[Si]=[Zr]. The maximum absolute atomic E-state index is 3.06. The Bertz CT molecular complexity index is 782. The third-order valence-electron chi connectivity index (χ3n) is 3.59. The second kappa shape index (κ2) is 11.3. The molecule has 0 aliphatic heterocycles. The van der Waals surface area contributed by atoms with E-state index in [-0.39, 0.29) is 14.9 Å². The molecule has 0 aliphatic carbocycles. The van der Waals surface area contributed by atoms with E-state index in [1.165, 1.54) is 56.0 Å². The molecule has 0 amide bonds.